The molecule has 2 atom stereocenters. The van der Waals surface area contributed by atoms with Gasteiger partial charge in [0.05, 0.1) is 11.6 Å². The molecule has 2 unspecified atom stereocenters. The molecule has 3 rings (SSSR count). The van der Waals surface area contributed by atoms with Crippen LogP contribution in [-0.2, 0) is 4.79 Å². The summed E-state index contributed by atoms with van der Waals surface area (Å²) < 4.78 is 13.9. The molecule has 1 saturated heterocycles. The van der Waals surface area contributed by atoms with Crippen molar-refractivity contribution in [2.75, 3.05) is 31.1 Å². The van der Waals surface area contributed by atoms with E-state index in [9.17, 15) is 9.18 Å². The van der Waals surface area contributed by atoms with Crippen LogP contribution in [0, 0.1) is 11.7 Å². The number of hydrogen-bond acceptors (Lipinski definition) is 3. The normalized spacial score (nSPS) is 26.4. The van der Waals surface area contributed by atoms with Crippen molar-refractivity contribution >= 4 is 36.4 Å². The van der Waals surface area contributed by atoms with E-state index in [0.717, 1.165) is 25.7 Å². The Kier molecular flexibility index (Phi) is 7.97. The van der Waals surface area contributed by atoms with Crippen LogP contribution in [0.2, 0.25) is 0 Å². The fourth-order valence-electron chi connectivity index (χ4n) is 3.86. The predicted molar refractivity (Wildman–Crippen MR) is 104 cm³/mol. The average molecular weight is 392 g/mol. The highest BCUT2D eigenvalue weighted by Gasteiger charge is 2.40. The number of rotatable bonds is 2. The van der Waals surface area contributed by atoms with Gasteiger partial charge in [0, 0.05) is 31.7 Å². The van der Waals surface area contributed by atoms with Gasteiger partial charge in [0.1, 0.15) is 5.82 Å². The molecule has 4 nitrogen and oxygen atoms in total. The second kappa shape index (κ2) is 9.06. The van der Waals surface area contributed by atoms with Gasteiger partial charge in [-0.1, -0.05) is 25.0 Å². The third kappa shape index (κ3) is 4.78. The molecule has 0 radical (unpaired) electrons. The zero-order valence-corrected chi connectivity index (χ0v) is 16.3. The Balaban J connectivity index is 0.00000156. The Labute approximate surface area is 161 Å². The van der Waals surface area contributed by atoms with Crippen molar-refractivity contribution in [1.82, 2.24) is 4.90 Å². The molecule has 1 amide bonds. The molecule has 7 heteroatoms. The third-order valence-electron chi connectivity index (χ3n) is 5.34. The van der Waals surface area contributed by atoms with Crippen molar-refractivity contribution in [2.45, 2.75) is 38.1 Å². The van der Waals surface area contributed by atoms with Gasteiger partial charge in [0.25, 0.3) is 0 Å². The lowest BCUT2D eigenvalue weighted by Crippen LogP contribution is -2.57. The van der Waals surface area contributed by atoms with Crippen LogP contribution in [-0.4, -0.2) is 42.5 Å². The minimum atomic E-state index is -0.391. The van der Waals surface area contributed by atoms with E-state index in [1.54, 1.807) is 12.1 Å². The third-order valence-corrected chi connectivity index (χ3v) is 5.34. The monoisotopic (exact) mass is 391 g/mol. The molecule has 1 aliphatic carbocycles. The molecule has 1 saturated carbocycles. The van der Waals surface area contributed by atoms with Crippen LogP contribution < -0.4 is 10.6 Å². The van der Waals surface area contributed by atoms with Gasteiger partial charge in [-0.05, 0) is 31.9 Å². The smallest absolute Gasteiger partial charge is 0.227 e. The van der Waals surface area contributed by atoms with Crippen molar-refractivity contribution in [3.8, 4) is 0 Å². The average Bonchev–Trinajstić information content (AvgIpc) is 2.54. The molecule has 0 aromatic heterocycles. The van der Waals surface area contributed by atoms with E-state index in [2.05, 4.69) is 0 Å². The number of carbonyl (C=O) groups excluding carboxylic acids is 1. The van der Waals surface area contributed by atoms with E-state index < -0.39 is 5.54 Å². The summed E-state index contributed by atoms with van der Waals surface area (Å²) in [6.45, 7) is 4.62. The van der Waals surface area contributed by atoms with Crippen LogP contribution in [0.1, 0.15) is 32.6 Å². The summed E-state index contributed by atoms with van der Waals surface area (Å²) >= 11 is 0. The number of anilines is 1. The molecule has 1 aromatic rings. The zero-order chi connectivity index (χ0) is 16.4. The maximum Gasteiger partial charge on any atom is 0.227 e. The molecule has 2 N–H and O–H groups in total. The first kappa shape index (κ1) is 22.0. The highest BCUT2D eigenvalue weighted by atomic mass is 35.5. The number of hydrogen-bond donors (Lipinski definition) is 1. The largest absolute Gasteiger partial charge is 0.366 e. The lowest BCUT2D eigenvalue weighted by Gasteiger charge is -2.42. The summed E-state index contributed by atoms with van der Waals surface area (Å²) in [5, 5.41) is 0. The Morgan fingerprint density at radius 2 is 1.80 bits per heavy atom. The molecule has 0 bridgehead atoms. The van der Waals surface area contributed by atoms with Crippen LogP contribution in [0.5, 0.6) is 0 Å². The second-order valence-corrected chi connectivity index (χ2v) is 7.07. The Morgan fingerprint density at radius 3 is 2.40 bits per heavy atom. The fraction of sp³-hybridized carbons (Fsp3) is 0.611. The van der Waals surface area contributed by atoms with E-state index in [-0.39, 0.29) is 42.5 Å². The number of nitrogens with two attached hydrogens (primary N) is 1. The Bertz CT molecular complexity index is 577. The molecule has 2 fully saturated rings. The molecule has 1 aromatic carbocycles. The minimum absolute atomic E-state index is 0. The van der Waals surface area contributed by atoms with Gasteiger partial charge in [0.15, 0.2) is 0 Å². The lowest BCUT2D eigenvalue weighted by molar-refractivity contribution is -0.139. The molecule has 0 spiro atoms. The zero-order valence-electron chi connectivity index (χ0n) is 14.6. The number of halogens is 3. The summed E-state index contributed by atoms with van der Waals surface area (Å²) in [6, 6.07) is 6.82. The maximum atomic E-state index is 13.9. The van der Waals surface area contributed by atoms with Crippen molar-refractivity contribution < 1.29 is 9.18 Å². The number of benzene rings is 1. The van der Waals surface area contributed by atoms with Gasteiger partial charge in [-0.3, -0.25) is 4.79 Å². The second-order valence-electron chi connectivity index (χ2n) is 7.07. The van der Waals surface area contributed by atoms with E-state index in [4.69, 9.17) is 5.73 Å². The molecule has 25 heavy (non-hydrogen) atoms. The molecular weight excluding hydrogens is 364 g/mol. The Morgan fingerprint density at radius 1 is 1.16 bits per heavy atom. The summed E-state index contributed by atoms with van der Waals surface area (Å²) in [5.74, 6) is -0.0896. The topological polar surface area (TPSA) is 49.6 Å². The van der Waals surface area contributed by atoms with E-state index in [1.165, 1.54) is 6.07 Å². The van der Waals surface area contributed by atoms with E-state index in [0.29, 0.717) is 31.9 Å². The number of para-hydroxylation sites is 1. The molecule has 2 aliphatic rings. The van der Waals surface area contributed by atoms with Crippen molar-refractivity contribution in [3.05, 3.63) is 30.1 Å². The van der Waals surface area contributed by atoms with Crippen molar-refractivity contribution in [1.29, 1.82) is 0 Å². The van der Waals surface area contributed by atoms with Crippen molar-refractivity contribution in [3.63, 3.8) is 0 Å². The summed E-state index contributed by atoms with van der Waals surface area (Å²) in [5.41, 5.74) is 6.60. The first-order valence-corrected chi connectivity index (χ1v) is 8.56. The number of piperazine rings is 1. The van der Waals surface area contributed by atoms with Gasteiger partial charge in [-0.15, -0.1) is 24.8 Å². The van der Waals surface area contributed by atoms with Crippen LogP contribution in [0.3, 0.4) is 0 Å². The van der Waals surface area contributed by atoms with Gasteiger partial charge in [-0.2, -0.15) is 0 Å². The molecular formula is C18H28Cl2FN3O. The quantitative estimate of drug-likeness (QED) is 0.841. The number of carbonyl (C=O) groups is 1. The summed E-state index contributed by atoms with van der Waals surface area (Å²) in [6.07, 6.45) is 3.99. The maximum absolute atomic E-state index is 13.9. The van der Waals surface area contributed by atoms with Crippen LogP contribution in [0.15, 0.2) is 24.3 Å². The highest BCUT2D eigenvalue weighted by Crippen LogP contribution is 2.33. The number of nitrogens with zero attached hydrogens (tertiary/aromatic N) is 2. The van der Waals surface area contributed by atoms with Crippen LogP contribution in [0.25, 0.3) is 0 Å². The van der Waals surface area contributed by atoms with E-state index in [1.807, 2.05) is 22.8 Å². The summed E-state index contributed by atoms with van der Waals surface area (Å²) in [4.78, 5) is 16.8. The Hall–Kier alpha value is -1.04. The minimum Gasteiger partial charge on any atom is -0.366 e. The van der Waals surface area contributed by atoms with Gasteiger partial charge in [-0.25, -0.2) is 4.39 Å². The summed E-state index contributed by atoms with van der Waals surface area (Å²) in [7, 11) is 0. The fourth-order valence-corrected chi connectivity index (χ4v) is 3.86. The molecule has 1 aliphatic heterocycles. The molecule has 1 heterocycles. The van der Waals surface area contributed by atoms with Crippen molar-refractivity contribution in [2.24, 2.45) is 11.7 Å². The first-order chi connectivity index (χ1) is 11.0. The van der Waals surface area contributed by atoms with Crippen LogP contribution in [0.4, 0.5) is 10.1 Å². The first-order valence-electron chi connectivity index (χ1n) is 8.56. The molecule has 142 valence electrons. The highest BCUT2D eigenvalue weighted by molar-refractivity contribution is 5.85. The standard InChI is InChI=1S/C18H26FN3O.2ClH/c1-18(20)9-5-4-6-14(18)17(23)22-12-10-21(11-13-22)16-8-3-2-7-15(16)19;;/h2-3,7-8,14H,4-6,9-13,20H2,1H3;2*1H. The van der Waals surface area contributed by atoms with E-state index >= 15 is 0 Å². The SMILES string of the molecule is CC1(N)CCCCC1C(=O)N1CCN(c2ccccc2F)CC1.Cl.Cl. The van der Waals surface area contributed by atoms with Gasteiger partial charge in [0.2, 0.25) is 5.91 Å². The van der Waals surface area contributed by atoms with Gasteiger partial charge < -0.3 is 15.5 Å². The lowest BCUT2D eigenvalue weighted by atomic mass is 9.74. The predicted octanol–water partition coefficient (Wildman–Crippen LogP) is 3.23. The van der Waals surface area contributed by atoms with Gasteiger partial charge >= 0.3 is 0 Å². The number of amides is 1. The van der Waals surface area contributed by atoms with Crippen LogP contribution >= 0.6 is 24.8 Å².